The number of rotatable bonds is 11. The fourth-order valence-corrected chi connectivity index (χ4v) is 3.45. The third kappa shape index (κ3) is 9.10. The second kappa shape index (κ2) is 13.4. The summed E-state index contributed by atoms with van der Waals surface area (Å²) in [7, 11) is 0. The second-order valence-corrected chi connectivity index (χ2v) is 8.24. The molecule has 0 aliphatic heterocycles. The van der Waals surface area contributed by atoms with Crippen LogP contribution in [-0.4, -0.2) is 48.4 Å². The molecule has 3 aromatic carbocycles. The first-order chi connectivity index (χ1) is 18.6. The van der Waals surface area contributed by atoms with Crippen molar-refractivity contribution in [3.63, 3.8) is 0 Å². The van der Waals surface area contributed by atoms with Crippen molar-refractivity contribution in [1.82, 2.24) is 16.1 Å². The monoisotopic (exact) mass is 545 g/mol. The second-order valence-electron chi connectivity index (χ2n) is 8.24. The van der Waals surface area contributed by atoms with Crippen molar-refractivity contribution >= 4 is 23.4 Å². The van der Waals surface area contributed by atoms with Gasteiger partial charge in [-0.3, -0.25) is 19.6 Å². The lowest BCUT2D eigenvalue weighted by atomic mass is 10.0. The Morgan fingerprint density at radius 3 is 2.03 bits per heavy atom. The number of anilines is 1. The molecule has 3 aromatic rings. The van der Waals surface area contributed by atoms with Gasteiger partial charge in [-0.15, -0.1) is 13.2 Å². The number of ether oxygens (including phenoxy) is 1. The number of carbonyl (C=O) groups excluding carboxylic acids is 3. The average Bonchev–Trinajstić information content (AvgIpc) is 2.92. The first kappa shape index (κ1) is 29.1. The quantitative estimate of drug-likeness (QED) is 0.160. The predicted molar refractivity (Wildman–Crippen MR) is 136 cm³/mol. The molecule has 0 aromatic heterocycles. The van der Waals surface area contributed by atoms with Crippen LogP contribution in [0.25, 0.3) is 11.1 Å². The number of hydrogen-bond acceptors (Lipinski definition) is 7. The number of halogens is 3. The molecule has 10 nitrogen and oxygen atoms in total. The van der Waals surface area contributed by atoms with Crippen molar-refractivity contribution in [2.45, 2.75) is 18.9 Å². The van der Waals surface area contributed by atoms with E-state index >= 15 is 0 Å². The standard InChI is InChI=1S/C26H26F3N5O5/c27-26(28,29)39-21-11-1-16(2-12-21)14-31-15-23(35)32-20-9-7-18(8-10-20)17-3-5-19(6-4-17)24(36)33-22(13-30)25(37)34-38/h1-12,22,31,38H,13-15,30H2,(H,32,35)(H,33,36)(H,34,37)/t22-/m0/s1. The van der Waals surface area contributed by atoms with Crippen LogP contribution in [0.4, 0.5) is 18.9 Å². The van der Waals surface area contributed by atoms with Gasteiger partial charge in [0.05, 0.1) is 6.54 Å². The molecular weight excluding hydrogens is 519 g/mol. The van der Waals surface area contributed by atoms with Crippen molar-refractivity contribution in [3.8, 4) is 16.9 Å². The summed E-state index contributed by atoms with van der Waals surface area (Å²) in [6.45, 7) is 0.0678. The molecule has 0 spiro atoms. The number of hydrogen-bond donors (Lipinski definition) is 6. The molecule has 13 heteroatoms. The normalized spacial score (nSPS) is 11.8. The van der Waals surface area contributed by atoms with Crippen molar-refractivity contribution < 1.29 is 37.5 Å². The van der Waals surface area contributed by atoms with Gasteiger partial charge in [0, 0.05) is 24.3 Å². The Hall–Kier alpha value is -4.46. The SMILES string of the molecule is NC[C@H](NC(=O)c1ccc(-c2ccc(NC(=O)CNCc3ccc(OC(F)(F)F)cc3)cc2)cc1)C(=O)NO. The molecule has 0 unspecified atom stereocenters. The van der Waals surface area contributed by atoms with Crippen LogP contribution in [-0.2, 0) is 16.1 Å². The van der Waals surface area contributed by atoms with Crippen molar-refractivity contribution in [1.29, 1.82) is 0 Å². The zero-order chi connectivity index (χ0) is 28.4. The first-order valence-corrected chi connectivity index (χ1v) is 11.6. The smallest absolute Gasteiger partial charge is 0.406 e. The molecule has 0 radical (unpaired) electrons. The van der Waals surface area contributed by atoms with E-state index in [4.69, 9.17) is 10.9 Å². The lowest BCUT2D eigenvalue weighted by Crippen LogP contribution is -2.50. The van der Waals surface area contributed by atoms with E-state index in [0.29, 0.717) is 16.8 Å². The van der Waals surface area contributed by atoms with Gasteiger partial charge in [-0.2, -0.15) is 0 Å². The highest BCUT2D eigenvalue weighted by Gasteiger charge is 2.30. The predicted octanol–water partition coefficient (Wildman–Crippen LogP) is 2.54. The van der Waals surface area contributed by atoms with Crippen LogP contribution in [0.2, 0.25) is 0 Å². The third-order valence-corrected chi connectivity index (χ3v) is 5.39. The highest BCUT2D eigenvalue weighted by molar-refractivity contribution is 5.98. The molecular formula is C26H26F3N5O5. The number of carbonyl (C=O) groups is 3. The molecule has 1 atom stereocenters. The van der Waals surface area contributed by atoms with Gasteiger partial charge in [-0.05, 0) is 53.1 Å². The van der Waals surface area contributed by atoms with Crippen LogP contribution in [0.1, 0.15) is 15.9 Å². The Balaban J connectivity index is 1.47. The van der Waals surface area contributed by atoms with Crippen LogP contribution in [0, 0.1) is 0 Å². The van der Waals surface area contributed by atoms with E-state index in [1.165, 1.54) is 29.7 Å². The van der Waals surface area contributed by atoms with Crippen LogP contribution in [0.5, 0.6) is 5.75 Å². The van der Waals surface area contributed by atoms with Crippen LogP contribution in [0.3, 0.4) is 0 Å². The Kier molecular flexibility index (Phi) is 9.98. The molecule has 206 valence electrons. The van der Waals surface area contributed by atoms with Crippen LogP contribution in [0.15, 0.2) is 72.8 Å². The van der Waals surface area contributed by atoms with E-state index < -0.39 is 24.2 Å². The van der Waals surface area contributed by atoms with E-state index in [0.717, 1.165) is 11.1 Å². The van der Waals surface area contributed by atoms with Gasteiger partial charge in [0.2, 0.25) is 5.91 Å². The number of alkyl halides is 3. The summed E-state index contributed by atoms with van der Waals surface area (Å²) < 4.78 is 40.5. The van der Waals surface area contributed by atoms with Crippen LogP contribution < -0.4 is 31.9 Å². The number of amides is 3. The lowest BCUT2D eigenvalue weighted by molar-refractivity contribution is -0.274. The molecule has 39 heavy (non-hydrogen) atoms. The van der Waals surface area contributed by atoms with Crippen molar-refractivity contribution in [2.24, 2.45) is 5.73 Å². The van der Waals surface area contributed by atoms with Gasteiger partial charge in [0.1, 0.15) is 11.8 Å². The number of hydroxylamine groups is 1. The lowest BCUT2D eigenvalue weighted by Gasteiger charge is -2.14. The maximum atomic E-state index is 12.3. The Morgan fingerprint density at radius 1 is 0.897 bits per heavy atom. The molecule has 7 N–H and O–H groups in total. The van der Waals surface area contributed by atoms with E-state index in [1.807, 2.05) is 0 Å². The van der Waals surface area contributed by atoms with E-state index in [9.17, 15) is 27.6 Å². The molecule has 0 heterocycles. The fourth-order valence-electron chi connectivity index (χ4n) is 3.45. The Labute approximate surface area is 221 Å². The van der Waals surface area contributed by atoms with Crippen LogP contribution >= 0.6 is 0 Å². The Morgan fingerprint density at radius 2 is 1.49 bits per heavy atom. The summed E-state index contributed by atoms with van der Waals surface area (Å²) in [5.41, 5.74) is 10.1. The van der Waals surface area contributed by atoms with Gasteiger partial charge in [0.15, 0.2) is 0 Å². The van der Waals surface area contributed by atoms with Crippen molar-refractivity contribution in [3.05, 3.63) is 83.9 Å². The highest BCUT2D eigenvalue weighted by atomic mass is 19.4. The molecule has 0 bridgehead atoms. The minimum absolute atomic E-state index is 0.0168. The summed E-state index contributed by atoms with van der Waals surface area (Å²) >= 11 is 0. The number of nitrogens with two attached hydrogens (primary N) is 1. The Bertz CT molecular complexity index is 1270. The number of nitrogens with one attached hydrogen (secondary N) is 4. The highest BCUT2D eigenvalue weighted by Crippen LogP contribution is 2.23. The molecule has 0 aliphatic rings. The zero-order valence-electron chi connectivity index (χ0n) is 20.4. The molecule has 0 saturated carbocycles. The van der Waals surface area contributed by atoms with E-state index in [-0.39, 0.29) is 31.3 Å². The fraction of sp³-hybridized carbons (Fsp3) is 0.192. The summed E-state index contributed by atoms with van der Waals surface area (Å²) in [4.78, 5) is 36.0. The molecule has 3 amide bonds. The summed E-state index contributed by atoms with van der Waals surface area (Å²) in [5, 5.41) is 16.8. The third-order valence-electron chi connectivity index (χ3n) is 5.39. The number of benzene rings is 3. The minimum atomic E-state index is -4.75. The van der Waals surface area contributed by atoms with Crippen molar-refractivity contribution in [2.75, 3.05) is 18.4 Å². The molecule has 0 fully saturated rings. The maximum Gasteiger partial charge on any atom is 0.573 e. The molecule has 0 aliphatic carbocycles. The summed E-state index contributed by atoms with van der Waals surface area (Å²) in [5.74, 6) is -1.97. The maximum absolute atomic E-state index is 12.3. The first-order valence-electron chi connectivity index (χ1n) is 11.6. The average molecular weight is 546 g/mol. The van der Waals surface area contributed by atoms with Gasteiger partial charge in [-0.1, -0.05) is 36.4 Å². The van der Waals surface area contributed by atoms with E-state index in [2.05, 4.69) is 20.7 Å². The largest absolute Gasteiger partial charge is 0.573 e. The van der Waals surface area contributed by atoms with Gasteiger partial charge < -0.3 is 26.4 Å². The van der Waals surface area contributed by atoms with E-state index in [1.54, 1.807) is 48.5 Å². The van der Waals surface area contributed by atoms with Gasteiger partial charge in [-0.25, -0.2) is 5.48 Å². The molecule has 0 saturated heterocycles. The van der Waals surface area contributed by atoms with Gasteiger partial charge >= 0.3 is 6.36 Å². The molecule has 3 rings (SSSR count). The summed E-state index contributed by atoms with van der Waals surface area (Å²) in [6, 6.07) is 17.9. The minimum Gasteiger partial charge on any atom is -0.406 e. The zero-order valence-corrected chi connectivity index (χ0v) is 20.4. The topological polar surface area (TPSA) is 155 Å². The van der Waals surface area contributed by atoms with Gasteiger partial charge in [0.25, 0.3) is 11.8 Å². The summed E-state index contributed by atoms with van der Waals surface area (Å²) in [6.07, 6.45) is -4.75.